The van der Waals surface area contributed by atoms with Gasteiger partial charge in [0.1, 0.15) is 11.6 Å². The summed E-state index contributed by atoms with van der Waals surface area (Å²) in [6.45, 7) is 5.90. The second-order valence-electron chi connectivity index (χ2n) is 6.02. The summed E-state index contributed by atoms with van der Waals surface area (Å²) in [5.41, 5.74) is 3.71. The van der Waals surface area contributed by atoms with Gasteiger partial charge in [-0.3, -0.25) is 4.79 Å². The van der Waals surface area contributed by atoms with Gasteiger partial charge in [0.2, 0.25) is 0 Å². The van der Waals surface area contributed by atoms with Crippen molar-refractivity contribution >= 4 is 23.2 Å². The zero-order valence-corrected chi connectivity index (χ0v) is 15.9. The van der Waals surface area contributed by atoms with Crippen molar-refractivity contribution in [2.45, 2.75) is 33.2 Å². The lowest BCUT2D eigenvalue weighted by Gasteiger charge is -2.14. The molecule has 0 aliphatic heterocycles. The number of nitrogens with zero attached hydrogens (tertiary/aromatic N) is 1. The Hall–Kier alpha value is -2.77. The van der Waals surface area contributed by atoms with E-state index in [1.807, 2.05) is 32.0 Å². The Morgan fingerprint density at radius 1 is 1.27 bits per heavy atom. The average molecular weight is 368 g/mol. The normalized spacial score (nSPS) is 12.2. The number of carbonyl (C=O) groups excluding carboxylic acids is 1. The zero-order valence-electron chi connectivity index (χ0n) is 15.1. The van der Waals surface area contributed by atoms with Crippen molar-refractivity contribution in [3.8, 4) is 6.07 Å². The molecular weight excluding hydrogens is 346 g/mol. The monoisotopic (exact) mass is 367 g/mol. The summed E-state index contributed by atoms with van der Waals surface area (Å²) in [6.07, 6.45) is 2.44. The highest BCUT2D eigenvalue weighted by Gasteiger charge is 2.12. The number of hydrogen-bond acceptors (Lipinski definition) is 3. The highest BCUT2D eigenvalue weighted by atomic mass is 35.5. The maximum Gasteiger partial charge on any atom is 0.267 e. The number of halogens is 1. The first kappa shape index (κ1) is 19.6. The van der Waals surface area contributed by atoms with E-state index in [2.05, 4.69) is 29.7 Å². The average Bonchev–Trinajstić information content (AvgIpc) is 2.65. The summed E-state index contributed by atoms with van der Waals surface area (Å²) < 4.78 is 0. The van der Waals surface area contributed by atoms with Crippen molar-refractivity contribution in [1.29, 1.82) is 5.26 Å². The molecule has 26 heavy (non-hydrogen) atoms. The molecular formula is C21H22ClN3O. The van der Waals surface area contributed by atoms with E-state index in [4.69, 9.17) is 11.6 Å². The maximum atomic E-state index is 12.4. The van der Waals surface area contributed by atoms with E-state index in [0.717, 1.165) is 17.5 Å². The summed E-state index contributed by atoms with van der Waals surface area (Å²) >= 11 is 6.06. The Balaban J connectivity index is 2.07. The van der Waals surface area contributed by atoms with Gasteiger partial charge in [-0.15, -0.1) is 0 Å². The third-order valence-electron chi connectivity index (χ3n) is 4.25. The number of amides is 1. The van der Waals surface area contributed by atoms with Gasteiger partial charge in [0.25, 0.3) is 5.91 Å². The van der Waals surface area contributed by atoms with Crippen LogP contribution in [-0.2, 0) is 11.2 Å². The second-order valence-corrected chi connectivity index (χ2v) is 6.43. The largest absolute Gasteiger partial charge is 0.383 e. The fourth-order valence-electron chi connectivity index (χ4n) is 2.43. The van der Waals surface area contributed by atoms with E-state index < -0.39 is 5.91 Å². The number of nitrogens with one attached hydrogen (secondary N) is 2. The summed E-state index contributed by atoms with van der Waals surface area (Å²) in [6, 6.07) is 15.4. The lowest BCUT2D eigenvalue weighted by atomic mass is 10.1. The minimum atomic E-state index is -0.473. The minimum Gasteiger partial charge on any atom is -0.383 e. The molecule has 0 bridgehead atoms. The van der Waals surface area contributed by atoms with Crippen LogP contribution in [0.1, 0.15) is 36.6 Å². The molecule has 0 aromatic heterocycles. The lowest BCUT2D eigenvalue weighted by molar-refractivity contribution is -0.112. The lowest BCUT2D eigenvalue weighted by Crippen LogP contribution is -2.19. The van der Waals surface area contributed by atoms with Crippen molar-refractivity contribution < 1.29 is 4.79 Å². The molecule has 0 spiro atoms. The van der Waals surface area contributed by atoms with Crippen molar-refractivity contribution in [1.82, 2.24) is 5.32 Å². The first-order valence-corrected chi connectivity index (χ1v) is 8.85. The van der Waals surface area contributed by atoms with E-state index in [1.54, 1.807) is 18.2 Å². The van der Waals surface area contributed by atoms with Crippen molar-refractivity contribution in [2.24, 2.45) is 0 Å². The zero-order chi connectivity index (χ0) is 19.1. The van der Waals surface area contributed by atoms with E-state index in [9.17, 15) is 10.1 Å². The number of benzene rings is 2. The number of hydrogen-bond donors (Lipinski definition) is 2. The molecule has 5 heteroatoms. The molecule has 1 atom stereocenters. The van der Waals surface area contributed by atoms with Gasteiger partial charge in [0.05, 0.1) is 0 Å². The molecule has 0 aliphatic carbocycles. The van der Waals surface area contributed by atoms with Gasteiger partial charge in [-0.1, -0.05) is 48.9 Å². The maximum absolute atomic E-state index is 12.4. The van der Waals surface area contributed by atoms with E-state index in [-0.39, 0.29) is 11.6 Å². The molecule has 0 radical (unpaired) electrons. The van der Waals surface area contributed by atoms with Crippen LogP contribution < -0.4 is 10.6 Å². The Kier molecular flexibility index (Phi) is 6.82. The molecule has 2 rings (SSSR count). The fourth-order valence-corrected chi connectivity index (χ4v) is 2.60. The second kappa shape index (κ2) is 9.07. The number of nitriles is 1. The molecule has 1 amide bonds. The molecule has 0 saturated carbocycles. The molecule has 0 aliphatic rings. The molecule has 0 heterocycles. The molecule has 2 aromatic rings. The molecule has 2 N–H and O–H groups in total. The number of aryl methyl sites for hydroxylation is 1. The Morgan fingerprint density at radius 3 is 2.58 bits per heavy atom. The molecule has 2 aromatic carbocycles. The van der Waals surface area contributed by atoms with Crippen LogP contribution in [0.5, 0.6) is 0 Å². The smallest absolute Gasteiger partial charge is 0.267 e. The van der Waals surface area contributed by atoms with Gasteiger partial charge in [-0.25, -0.2) is 0 Å². The molecule has 1 unspecified atom stereocenters. The van der Waals surface area contributed by atoms with Gasteiger partial charge in [-0.05, 0) is 49.1 Å². The van der Waals surface area contributed by atoms with Gasteiger partial charge in [0.15, 0.2) is 0 Å². The molecule has 0 fully saturated rings. The Labute approximate surface area is 159 Å². The van der Waals surface area contributed by atoms with Gasteiger partial charge < -0.3 is 10.6 Å². The van der Waals surface area contributed by atoms with Gasteiger partial charge in [0, 0.05) is 23.0 Å². The summed E-state index contributed by atoms with van der Waals surface area (Å²) in [4.78, 5) is 12.4. The van der Waals surface area contributed by atoms with Crippen molar-refractivity contribution in [3.63, 3.8) is 0 Å². The van der Waals surface area contributed by atoms with E-state index in [1.165, 1.54) is 11.8 Å². The number of rotatable bonds is 6. The third kappa shape index (κ3) is 4.87. The van der Waals surface area contributed by atoms with Crippen LogP contribution in [0.3, 0.4) is 0 Å². The van der Waals surface area contributed by atoms with Crippen LogP contribution >= 0.6 is 11.6 Å². The Morgan fingerprint density at radius 2 is 1.96 bits per heavy atom. The topological polar surface area (TPSA) is 64.9 Å². The SMILES string of the molecule is CCc1ccc(C(C)N/C=C(/C#N)C(=O)Nc2cccc(Cl)c2C)cc1. The van der Waals surface area contributed by atoms with Crippen LogP contribution in [-0.4, -0.2) is 5.91 Å². The minimum absolute atomic E-state index is 0.00130. The fraction of sp³-hybridized carbons (Fsp3) is 0.238. The molecule has 0 saturated heterocycles. The third-order valence-corrected chi connectivity index (χ3v) is 4.66. The van der Waals surface area contributed by atoms with Gasteiger partial charge >= 0.3 is 0 Å². The van der Waals surface area contributed by atoms with Crippen LogP contribution in [0, 0.1) is 18.3 Å². The predicted molar refractivity (Wildman–Crippen MR) is 106 cm³/mol. The number of carbonyl (C=O) groups is 1. The van der Waals surface area contributed by atoms with E-state index >= 15 is 0 Å². The summed E-state index contributed by atoms with van der Waals surface area (Å²) in [5.74, 6) is -0.473. The standard InChI is InChI=1S/C21H22ClN3O/c1-4-16-8-10-17(11-9-16)15(3)24-13-18(12-23)21(26)25-20-7-5-6-19(22)14(20)2/h5-11,13,15,24H,4H2,1-3H3,(H,25,26)/b18-13-. The summed E-state index contributed by atoms with van der Waals surface area (Å²) in [5, 5.41) is 15.7. The van der Waals surface area contributed by atoms with Crippen molar-refractivity contribution in [3.05, 3.63) is 76.0 Å². The quantitative estimate of drug-likeness (QED) is 0.563. The summed E-state index contributed by atoms with van der Waals surface area (Å²) in [7, 11) is 0. The first-order valence-electron chi connectivity index (χ1n) is 8.47. The van der Waals surface area contributed by atoms with E-state index in [0.29, 0.717) is 10.7 Å². The van der Waals surface area contributed by atoms with Crippen LogP contribution in [0.4, 0.5) is 5.69 Å². The highest BCUT2D eigenvalue weighted by molar-refractivity contribution is 6.31. The Bertz CT molecular complexity index is 851. The number of anilines is 1. The molecule has 134 valence electrons. The van der Waals surface area contributed by atoms with Crippen LogP contribution in [0.15, 0.2) is 54.2 Å². The highest BCUT2D eigenvalue weighted by Crippen LogP contribution is 2.23. The van der Waals surface area contributed by atoms with Crippen molar-refractivity contribution in [2.75, 3.05) is 5.32 Å². The van der Waals surface area contributed by atoms with Crippen LogP contribution in [0.2, 0.25) is 5.02 Å². The van der Waals surface area contributed by atoms with Crippen LogP contribution in [0.25, 0.3) is 0 Å². The van der Waals surface area contributed by atoms with Gasteiger partial charge in [-0.2, -0.15) is 5.26 Å². The first-order chi connectivity index (χ1) is 12.5. The molecule has 4 nitrogen and oxygen atoms in total. The predicted octanol–water partition coefficient (Wildman–Crippen LogP) is 4.91.